The fourth-order valence-electron chi connectivity index (χ4n) is 3.91. The second-order valence-electron chi connectivity index (χ2n) is 8.00. The molecule has 0 saturated heterocycles. The Bertz CT molecular complexity index is 925. The summed E-state index contributed by atoms with van der Waals surface area (Å²) in [7, 11) is 0. The second kappa shape index (κ2) is 10.6. The minimum atomic E-state index is -0.390. The van der Waals surface area contributed by atoms with Gasteiger partial charge in [-0.25, -0.2) is 4.99 Å². The molecular formula is C25H28N2O3S. The van der Waals surface area contributed by atoms with Gasteiger partial charge in [0.1, 0.15) is 0 Å². The van der Waals surface area contributed by atoms with Crippen molar-refractivity contribution >= 4 is 35.4 Å². The molecule has 1 saturated carbocycles. The number of ether oxygens (including phenoxy) is 1. The summed E-state index contributed by atoms with van der Waals surface area (Å²) < 4.78 is 5.77. The van der Waals surface area contributed by atoms with E-state index in [1.54, 1.807) is 24.3 Å². The van der Waals surface area contributed by atoms with E-state index in [4.69, 9.17) is 4.74 Å². The maximum absolute atomic E-state index is 12.4. The third-order valence-corrected chi connectivity index (χ3v) is 7.10. The van der Waals surface area contributed by atoms with Crippen LogP contribution in [0.5, 0.6) is 0 Å². The van der Waals surface area contributed by atoms with Gasteiger partial charge >= 0.3 is 5.91 Å². The predicted octanol–water partition coefficient (Wildman–Crippen LogP) is 4.71. The van der Waals surface area contributed by atoms with Crippen LogP contribution in [0.15, 0.2) is 59.3 Å². The van der Waals surface area contributed by atoms with Crippen LogP contribution in [0.2, 0.25) is 0 Å². The Morgan fingerprint density at radius 1 is 1.16 bits per heavy atom. The minimum Gasteiger partial charge on any atom is -0.474 e. The maximum Gasteiger partial charge on any atom is 0.312 e. The highest BCUT2D eigenvalue weighted by Crippen LogP contribution is 2.28. The number of nitrogens with one attached hydrogen (secondary N) is 1. The first-order valence-corrected chi connectivity index (χ1v) is 12.1. The molecular weight excluding hydrogens is 408 g/mol. The highest BCUT2D eigenvalue weighted by atomic mass is 32.2. The number of hydrogen-bond acceptors (Lipinski definition) is 4. The molecule has 0 radical (unpaired) electrons. The van der Waals surface area contributed by atoms with Gasteiger partial charge in [0.25, 0.3) is 5.91 Å². The third kappa shape index (κ3) is 5.97. The largest absolute Gasteiger partial charge is 0.474 e. The van der Waals surface area contributed by atoms with Crippen LogP contribution in [-0.2, 0) is 9.53 Å². The van der Waals surface area contributed by atoms with E-state index in [1.807, 2.05) is 30.4 Å². The number of aliphatic imine (C=N–C) groups is 1. The molecule has 1 aromatic rings. The highest BCUT2D eigenvalue weighted by molar-refractivity contribution is 7.99. The van der Waals surface area contributed by atoms with Gasteiger partial charge < -0.3 is 10.1 Å². The minimum absolute atomic E-state index is 0.0692. The molecule has 2 aliphatic carbocycles. The van der Waals surface area contributed by atoms with Crippen molar-refractivity contribution in [2.75, 3.05) is 12.3 Å². The van der Waals surface area contributed by atoms with Gasteiger partial charge in [-0.3, -0.25) is 9.59 Å². The van der Waals surface area contributed by atoms with Crippen molar-refractivity contribution in [2.45, 2.75) is 49.9 Å². The summed E-state index contributed by atoms with van der Waals surface area (Å²) in [5.41, 5.74) is 2.02. The number of thioether (sulfide) groups is 1. The van der Waals surface area contributed by atoms with Crippen molar-refractivity contribution in [3.63, 3.8) is 0 Å². The zero-order chi connectivity index (χ0) is 21.5. The average Bonchev–Trinajstić information content (AvgIpc) is 2.80. The van der Waals surface area contributed by atoms with Crippen molar-refractivity contribution in [3.8, 4) is 0 Å². The van der Waals surface area contributed by atoms with Crippen LogP contribution in [0.1, 0.15) is 54.4 Å². The molecule has 1 unspecified atom stereocenters. The molecule has 0 spiro atoms. The molecule has 1 fully saturated rings. The van der Waals surface area contributed by atoms with E-state index in [-0.39, 0.29) is 23.7 Å². The summed E-state index contributed by atoms with van der Waals surface area (Å²) in [4.78, 5) is 28.7. The molecule has 5 nitrogen and oxygen atoms in total. The molecule has 4 rings (SSSR count). The molecule has 0 bridgehead atoms. The fraction of sp³-hybridized carbons (Fsp3) is 0.400. The lowest BCUT2D eigenvalue weighted by Gasteiger charge is -2.22. The summed E-state index contributed by atoms with van der Waals surface area (Å²) in [5, 5.41) is 3.81. The van der Waals surface area contributed by atoms with E-state index in [0.717, 1.165) is 23.0 Å². The third-order valence-electron chi connectivity index (χ3n) is 5.63. The number of benzene rings is 1. The van der Waals surface area contributed by atoms with Crippen molar-refractivity contribution in [2.24, 2.45) is 4.99 Å². The molecule has 1 atom stereocenters. The van der Waals surface area contributed by atoms with Crippen LogP contribution in [0.4, 0.5) is 0 Å². The fourth-order valence-corrected chi connectivity index (χ4v) is 5.22. The number of carbonyl (C=O) groups excluding carboxylic acids is 2. The number of allylic oxidation sites excluding steroid dienone is 2. The Balaban J connectivity index is 1.25. The lowest BCUT2D eigenvalue weighted by Crippen LogP contribution is -2.29. The summed E-state index contributed by atoms with van der Waals surface area (Å²) in [5.74, 6) is 0.850. The van der Waals surface area contributed by atoms with Gasteiger partial charge in [0.2, 0.25) is 0 Å². The molecule has 1 heterocycles. The first kappa shape index (κ1) is 21.6. The average molecular weight is 437 g/mol. The van der Waals surface area contributed by atoms with Crippen LogP contribution in [-0.4, -0.2) is 41.2 Å². The summed E-state index contributed by atoms with van der Waals surface area (Å²) in [6, 6.07) is 7.16. The van der Waals surface area contributed by atoms with Crippen LogP contribution < -0.4 is 5.32 Å². The van der Waals surface area contributed by atoms with E-state index < -0.39 is 0 Å². The van der Waals surface area contributed by atoms with Gasteiger partial charge in [0.15, 0.2) is 11.9 Å². The Kier molecular flexibility index (Phi) is 7.41. The predicted molar refractivity (Wildman–Crippen MR) is 126 cm³/mol. The summed E-state index contributed by atoms with van der Waals surface area (Å²) in [6.45, 7) is 0.691. The van der Waals surface area contributed by atoms with Gasteiger partial charge in [0, 0.05) is 17.4 Å². The lowest BCUT2D eigenvalue weighted by molar-refractivity contribution is -0.118. The molecule has 3 aliphatic rings. The monoisotopic (exact) mass is 436 g/mol. The number of hydrogen-bond donors (Lipinski definition) is 1. The van der Waals surface area contributed by atoms with Gasteiger partial charge in [-0.05, 0) is 60.9 Å². The molecule has 2 amide bonds. The Morgan fingerprint density at radius 2 is 1.97 bits per heavy atom. The summed E-state index contributed by atoms with van der Waals surface area (Å²) in [6.07, 6.45) is 16.5. The normalized spacial score (nSPS) is 22.1. The number of fused-ring (bicyclic) bond motifs is 1. The van der Waals surface area contributed by atoms with E-state index >= 15 is 0 Å². The molecule has 0 aromatic heterocycles. The Labute approximate surface area is 187 Å². The van der Waals surface area contributed by atoms with Crippen LogP contribution in [0, 0.1) is 0 Å². The summed E-state index contributed by atoms with van der Waals surface area (Å²) >= 11 is 2.06. The first-order chi connectivity index (χ1) is 15.2. The van der Waals surface area contributed by atoms with Gasteiger partial charge in [0.05, 0.1) is 5.71 Å². The second-order valence-corrected chi connectivity index (χ2v) is 9.40. The molecule has 6 heteroatoms. The SMILES string of the molecule is O=C1N=C2C=CC=CC2O/C1=C\c1ccc(C(=O)NCCCSC2CCCCC2)cc1. The number of nitrogens with zero attached hydrogens (tertiary/aromatic N) is 1. The molecule has 1 N–H and O–H groups in total. The topological polar surface area (TPSA) is 67.8 Å². The van der Waals surface area contributed by atoms with Crippen LogP contribution in [0.25, 0.3) is 6.08 Å². The van der Waals surface area contributed by atoms with E-state index in [9.17, 15) is 9.59 Å². The number of carbonyl (C=O) groups is 2. The standard InChI is InChI=1S/C25H28N2O3S/c28-24(26-15-6-16-31-20-7-2-1-3-8-20)19-13-11-18(12-14-19)17-23-25(29)27-21-9-4-5-10-22(21)30-23/h4-5,9-14,17,20,22H,1-3,6-8,15-16H2,(H,26,28)/b23-17-. The number of rotatable bonds is 7. The van der Waals surface area contributed by atoms with Crippen molar-refractivity contribution in [1.29, 1.82) is 0 Å². The van der Waals surface area contributed by atoms with Crippen LogP contribution >= 0.6 is 11.8 Å². The lowest BCUT2D eigenvalue weighted by atomic mass is 10.0. The van der Waals surface area contributed by atoms with Crippen molar-refractivity contribution in [3.05, 3.63) is 65.5 Å². The van der Waals surface area contributed by atoms with Crippen molar-refractivity contribution in [1.82, 2.24) is 5.32 Å². The molecule has 31 heavy (non-hydrogen) atoms. The van der Waals surface area contributed by atoms with E-state index in [2.05, 4.69) is 22.1 Å². The molecule has 1 aliphatic heterocycles. The number of amides is 2. The highest BCUT2D eigenvalue weighted by Gasteiger charge is 2.26. The van der Waals surface area contributed by atoms with E-state index in [1.165, 1.54) is 32.1 Å². The van der Waals surface area contributed by atoms with Gasteiger partial charge in [-0.1, -0.05) is 43.5 Å². The Morgan fingerprint density at radius 3 is 2.77 bits per heavy atom. The Hall–Kier alpha value is -2.60. The van der Waals surface area contributed by atoms with Gasteiger partial charge in [-0.2, -0.15) is 11.8 Å². The maximum atomic E-state index is 12.4. The first-order valence-electron chi connectivity index (χ1n) is 11.0. The van der Waals surface area contributed by atoms with Crippen LogP contribution in [0.3, 0.4) is 0 Å². The zero-order valence-electron chi connectivity index (χ0n) is 17.6. The van der Waals surface area contributed by atoms with E-state index in [0.29, 0.717) is 17.8 Å². The van der Waals surface area contributed by atoms with Crippen molar-refractivity contribution < 1.29 is 14.3 Å². The zero-order valence-corrected chi connectivity index (χ0v) is 18.4. The quantitative estimate of drug-likeness (QED) is 0.497. The molecule has 1 aromatic carbocycles. The smallest absolute Gasteiger partial charge is 0.312 e. The molecule has 162 valence electrons. The van der Waals surface area contributed by atoms with Gasteiger partial charge in [-0.15, -0.1) is 0 Å².